The second-order valence-corrected chi connectivity index (χ2v) is 7.95. The van der Waals surface area contributed by atoms with Gasteiger partial charge in [-0.15, -0.1) is 0 Å². The van der Waals surface area contributed by atoms with E-state index in [1.165, 1.54) is 12.8 Å². The van der Waals surface area contributed by atoms with Gasteiger partial charge in [-0.1, -0.05) is 6.07 Å². The third kappa shape index (κ3) is 7.06. The summed E-state index contributed by atoms with van der Waals surface area (Å²) in [4.78, 5) is 40.1. The van der Waals surface area contributed by atoms with E-state index in [0.717, 1.165) is 24.4 Å². The van der Waals surface area contributed by atoms with Crippen molar-refractivity contribution in [1.29, 1.82) is 0 Å². The largest absolute Gasteiger partial charge is 0.490 e. The molecule has 0 atom stereocenters. The van der Waals surface area contributed by atoms with Gasteiger partial charge in [0.1, 0.15) is 5.69 Å². The van der Waals surface area contributed by atoms with E-state index in [1.54, 1.807) is 6.20 Å². The van der Waals surface area contributed by atoms with Crippen molar-refractivity contribution in [1.82, 2.24) is 19.8 Å². The van der Waals surface area contributed by atoms with E-state index >= 15 is 0 Å². The predicted molar refractivity (Wildman–Crippen MR) is 111 cm³/mol. The summed E-state index contributed by atoms with van der Waals surface area (Å²) in [6, 6.07) is 9.54. The molecular weight excluding hydrogens is 441 g/mol. The molecule has 0 unspecified atom stereocenters. The number of alkyl halides is 3. The summed E-state index contributed by atoms with van der Waals surface area (Å²) in [5.74, 6) is -2.00. The lowest BCUT2D eigenvalue weighted by Gasteiger charge is -2.20. The fraction of sp³-hybridized carbons (Fsp3) is 0.455. The first kappa shape index (κ1) is 24.3. The third-order valence-corrected chi connectivity index (χ3v) is 5.44. The molecule has 1 saturated carbocycles. The molecule has 33 heavy (non-hydrogen) atoms. The van der Waals surface area contributed by atoms with Crippen molar-refractivity contribution in [3.63, 3.8) is 0 Å². The minimum Gasteiger partial charge on any atom is -0.475 e. The molecule has 2 aromatic rings. The van der Waals surface area contributed by atoms with Crippen molar-refractivity contribution in [3.8, 4) is 0 Å². The Balaban J connectivity index is 0.000000383. The van der Waals surface area contributed by atoms with Gasteiger partial charge in [0.15, 0.2) is 0 Å². The van der Waals surface area contributed by atoms with Crippen LogP contribution in [0.25, 0.3) is 0 Å². The van der Waals surface area contributed by atoms with E-state index in [9.17, 15) is 22.8 Å². The molecule has 1 aliphatic heterocycles. The van der Waals surface area contributed by atoms with E-state index in [0.29, 0.717) is 37.7 Å². The first-order chi connectivity index (χ1) is 15.6. The Morgan fingerprint density at radius 2 is 1.82 bits per heavy atom. The highest BCUT2D eigenvalue weighted by molar-refractivity contribution is 5.93. The van der Waals surface area contributed by atoms with Crippen LogP contribution in [0.2, 0.25) is 0 Å². The van der Waals surface area contributed by atoms with Crippen molar-refractivity contribution in [2.75, 3.05) is 19.6 Å². The first-order valence-corrected chi connectivity index (χ1v) is 10.6. The predicted octanol–water partition coefficient (Wildman–Crippen LogP) is 2.28. The number of carbonyl (C=O) groups excluding carboxylic acids is 2. The van der Waals surface area contributed by atoms with Crippen LogP contribution in [0.4, 0.5) is 13.2 Å². The molecule has 2 amide bonds. The highest BCUT2D eigenvalue weighted by Gasteiger charge is 2.38. The van der Waals surface area contributed by atoms with Gasteiger partial charge < -0.3 is 19.9 Å². The Labute approximate surface area is 188 Å². The second-order valence-electron chi connectivity index (χ2n) is 7.95. The number of carbonyl (C=O) groups is 3. The molecule has 178 valence electrons. The highest BCUT2D eigenvalue weighted by atomic mass is 19.4. The SMILES string of the molecule is O=C(NCC1CC1)c1ccc2n1CCN(C(=O)Cc1ccccn1)CC2.O=C(O)C(F)(F)F. The van der Waals surface area contributed by atoms with Crippen LogP contribution in [0.15, 0.2) is 36.5 Å². The van der Waals surface area contributed by atoms with Gasteiger partial charge in [-0.25, -0.2) is 4.79 Å². The molecule has 0 aromatic carbocycles. The second kappa shape index (κ2) is 10.5. The monoisotopic (exact) mass is 466 g/mol. The van der Waals surface area contributed by atoms with Crippen molar-refractivity contribution < 1.29 is 32.7 Å². The van der Waals surface area contributed by atoms with E-state index in [1.807, 2.05) is 35.2 Å². The van der Waals surface area contributed by atoms with Crippen LogP contribution >= 0.6 is 0 Å². The smallest absolute Gasteiger partial charge is 0.475 e. The average molecular weight is 466 g/mol. The van der Waals surface area contributed by atoms with Crippen LogP contribution < -0.4 is 5.32 Å². The van der Waals surface area contributed by atoms with Crippen molar-refractivity contribution in [2.45, 2.75) is 38.4 Å². The number of pyridine rings is 1. The van der Waals surface area contributed by atoms with Gasteiger partial charge >= 0.3 is 12.1 Å². The van der Waals surface area contributed by atoms with Gasteiger partial charge in [-0.2, -0.15) is 13.2 Å². The van der Waals surface area contributed by atoms with Crippen LogP contribution in [0, 0.1) is 5.92 Å². The van der Waals surface area contributed by atoms with Gasteiger partial charge in [-0.3, -0.25) is 14.6 Å². The number of hydrogen-bond donors (Lipinski definition) is 2. The summed E-state index contributed by atoms with van der Waals surface area (Å²) in [5, 5.41) is 10.2. The number of aliphatic carboxylic acids is 1. The van der Waals surface area contributed by atoms with Gasteiger partial charge in [-0.05, 0) is 43.0 Å². The molecule has 0 spiro atoms. The number of carboxylic acid groups (broad SMARTS) is 1. The molecule has 8 nitrogen and oxygen atoms in total. The average Bonchev–Trinajstić information content (AvgIpc) is 3.55. The maximum Gasteiger partial charge on any atom is 0.490 e. The topological polar surface area (TPSA) is 105 Å². The van der Waals surface area contributed by atoms with E-state index in [2.05, 4.69) is 14.9 Å². The summed E-state index contributed by atoms with van der Waals surface area (Å²) in [6.07, 6.45) is 0.164. The number of nitrogens with zero attached hydrogens (tertiary/aromatic N) is 3. The number of rotatable bonds is 5. The maximum atomic E-state index is 12.6. The van der Waals surface area contributed by atoms with Crippen molar-refractivity contribution in [3.05, 3.63) is 53.6 Å². The number of aromatic nitrogens is 2. The van der Waals surface area contributed by atoms with Crippen LogP contribution in [0.5, 0.6) is 0 Å². The quantitative estimate of drug-likeness (QED) is 0.704. The van der Waals surface area contributed by atoms with Crippen LogP contribution in [-0.2, 0) is 29.0 Å². The molecule has 2 aromatic heterocycles. The summed E-state index contributed by atoms with van der Waals surface area (Å²) in [5.41, 5.74) is 2.62. The standard InChI is InChI=1S/C20H24N4O2.C2HF3O2/c25-19(13-16-3-1-2-9-21-16)23-10-8-17-6-7-18(24(17)12-11-23)20(26)22-14-15-4-5-15;3-2(4,5)1(6)7/h1-3,6-7,9,15H,4-5,8,10-14H2,(H,22,26);(H,6,7). The molecule has 4 rings (SSSR count). The fourth-order valence-electron chi connectivity index (χ4n) is 3.44. The Kier molecular flexibility index (Phi) is 7.72. The highest BCUT2D eigenvalue weighted by Crippen LogP contribution is 2.27. The van der Waals surface area contributed by atoms with Crippen LogP contribution in [-0.4, -0.2) is 63.2 Å². The zero-order chi connectivity index (χ0) is 24.0. The molecule has 2 N–H and O–H groups in total. The van der Waals surface area contributed by atoms with Gasteiger partial charge in [0.25, 0.3) is 5.91 Å². The summed E-state index contributed by atoms with van der Waals surface area (Å²) in [6.45, 7) is 2.73. The number of hydrogen-bond acceptors (Lipinski definition) is 4. The summed E-state index contributed by atoms with van der Waals surface area (Å²) in [7, 11) is 0. The van der Waals surface area contributed by atoms with Crippen LogP contribution in [0.3, 0.4) is 0 Å². The Morgan fingerprint density at radius 1 is 1.09 bits per heavy atom. The zero-order valence-corrected chi connectivity index (χ0v) is 17.8. The maximum absolute atomic E-state index is 12.6. The lowest BCUT2D eigenvalue weighted by molar-refractivity contribution is -0.192. The fourth-order valence-corrected chi connectivity index (χ4v) is 3.44. The minimum absolute atomic E-state index is 0.00332. The van der Waals surface area contributed by atoms with E-state index in [-0.39, 0.29) is 11.8 Å². The molecule has 0 saturated heterocycles. The van der Waals surface area contributed by atoms with E-state index in [4.69, 9.17) is 9.90 Å². The number of fused-ring (bicyclic) bond motifs is 1. The lowest BCUT2D eigenvalue weighted by atomic mass is 10.2. The third-order valence-electron chi connectivity index (χ3n) is 5.44. The Hall–Kier alpha value is -3.37. The number of carboxylic acids is 1. The lowest BCUT2D eigenvalue weighted by Crippen LogP contribution is -2.35. The van der Waals surface area contributed by atoms with Crippen molar-refractivity contribution in [2.24, 2.45) is 5.92 Å². The van der Waals surface area contributed by atoms with E-state index < -0.39 is 12.1 Å². The van der Waals surface area contributed by atoms with Gasteiger partial charge in [0.2, 0.25) is 5.91 Å². The minimum atomic E-state index is -5.08. The molecule has 0 radical (unpaired) electrons. The molecule has 11 heteroatoms. The molecule has 1 aliphatic carbocycles. The Bertz CT molecular complexity index is 987. The van der Waals surface area contributed by atoms with Crippen LogP contribution in [0.1, 0.15) is 34.7 Å². The zero-order valence-electron chi connectivity index (χ0n) is 17.8. The number of amides is 2. The molecule has 1 fully saturated rings. The number of halogens is 3. The summed E-state index contributed by atoms with van der Waals surface area (Å²) < 4.78 is 33.8. The molecule has 2 aliphatic rings. The molecule has 3 heterocycles. The normalized spacial score (nSPS) is 15.5. The van der Waals surface area contributed by atoms with Gasteiger partial charge in [0, 0.05) is 50.2 Å². The Morgan fingerprint density at radius 3 is 2.42 bits per heavy atom. The molecule has 0 bridgehead atoms. The number of nitrogens with one attached hydrogen (secondary N) is 1. The molecular formula is C22H25F3N4O4. The first-order valence-electron chi connectivity index (χ1n) is 10.6. The summed E-state index contributed by atoms with van der Waals surface area (Å²) >= 11 is 0. The van der Waals surface area contributed by atoms with Crippen molar-refractivity contribution >= 4 is 17.8 Å². The van der Waals surface area contributed by atoms with Gasteiger partial charge in [0.05, 0.1) is 6.42 Å².